The van der Waals surface area contributed by atoms with Gasteiger partial charge < -0.3 is 16.3 Å². The zero-order chi connectivity index (χ0) is 15.2. The van der Waals surface area contributed by atoms with Crippen LogP contribution < -0.4 is 11.1 Å². The quantitative estimate of drug-likeness (QED) is 0.348. The SMILES string of the molecule is N/C(=N\O)C(NC(=O)c1ccc(F)cc1)c1ccccc1. The number of benzene rings is 2. The standard InChI is InChI=1S/C15H14FN3O2/c16-12-8-6-11(7-9-12)15(20)18-13(14(17)19-21)10-4-2-1-3-5-10/h1-9,13,21H,(H2,17,19)(H,18,20). The van der Waals surface area contributed by atoms with Gasteiger partial charge in [0.25, 0.3) is 5.91 Å². The highest BCUT2D eigenvalue weighted by atomic mass is 19.1. The minimum atomic E-state index is -0.770. The molecule has 2 aromatic rings. The summed E-state index contributed by atoms with van der Waals surface area (Å²) < 4.78 is 12.9. The molecular formula is C15H14FN3O2. The molecule has 0 aliphatic heterocycles. The molecule has 2 rings (SSSR count). The van der Waals surface area contributed by atoms with Crippen LogP contribution in [0.3, 0.4) is 0 Å². The van der Waals surface area contributed by atoms with Gasteiger partial charge in [0.1, 0.15) is 11.9 Å². The Morgan fingerprint density at radius 3 is 2.33 bits per heavy atom. The number of amides is 1. The molecule has 1 atom stereocenters. The summed E-state index contributed by atoms with van der Waals surface area (Å²) in [6.45, 7) is 0. The average molecular weight is 287 g/mol. The van der Waals surface area contributed by atoms with Crippen molar-refractivity contribution in [3.05, 3.63) is 71.5 Å². The van der Waals surface area contributed by atoms with Gasteiger partial charge in [-0.3, -0.25) is 4.79 Å². The van der Waals surface area contributed by atoms with E-state index in [4.69, 9.17) is 10.9 Å². The third-order valence-electron chi connectivity index (χ3n) is 2.93. The fourth-order valence-corrected chi connectivity index (χ4v) is 1.85. The number of nitrogens with two attached hydrogens (primary N) is 1. The van der Waals surface area contributed by atoms with Gasteiger partial charge in [0, 0.05) is 5.56 Å². The fourth-order valence-electron chi connectivity index (χ4n) is 1.85. The van der Waals surface area contributed by atoms with Crippen LogP contribution in [0.1, 0.15) is 22.0 Å². The molecule has 0 saturated heterocycles. The van der Waals surface area contributed by atoms with Crippen LogP contribution in [0.5, 0.6) is 0 Å². The maximum absolute atomic E-state index is 12.9. The van der Waals surface area contributed by atoms with Crippen molar-refractivity contribution in [1.29, 1.82) is 0 Å². The summed E-state index contributed by atoms with van der Waals surface area (Å²) in [7, 11) is 0. The largest absolute Gasteiger partial charge is 0.409 e. The summed E-state index contributed by atoms with van der Waals surface area (Å²) in [5.41, 5.74) is 6.58. The van der Waals surface area contributed by atoms with Crippen molar-refractivity contribution in [3.63, 3.8) is 0 Å². The molecule has 0 bridgehead atoms. The summed E-state index contributed by atoms with van der Waals surface area (Å²) in [6.07, 6.45) is 0. The first-order chi connectivity index (χ1) is 10.1. The summed E-state index contributed by atoms with van der Waals surface area (Å²) in [4.78, 5) is 12.1. The van der Waals surface area contributed by atoms with E-state index in [0.29, 0.717) is 5.56 Å². The predicted octanol–water partition coefficient (Wildman–Crippen LogP) is 2.04. The molecule has 0 fully saturated rings. The summed E-state index contributed by atoms with van der Waals surface area (Å²) in [5, 5.41) is 14.4. The van der Waals surface area contributed by atoms with Crippen molar-refractivity contribution >= 4 is 11.7 Å². The fraction of sp³-hybridized carbons (Fsp3) is 0.0667. The second-order valence-corrected chi connectivity index (χ2v) is 4.35. The molecule has 0 aliphatic rings. The monoisotopic (exact) mass is 287 g/mol. The predicted molar refractivity (Wildman–Crippen MR) is 76.5 cm³/mol. The van der Waals surface area contributed by atoms with Gasteiger partial charge in [0.2, 0.25) is 0 Å². The molecule has 6 heteroatoms. The summed E-state index contributed by atoms with van der Waals surface area (Å²) in [5.74, 6) is -1.02. The highest BCUT2D eigenvalue weighted by Crippen LogP contribution is 2.14. The topological polar surface area (TPSA) is 87.7 Å². The van der Waals surface area contributed by atoms with E-state index in [1.54, 1.807) is 24.3 Å². The van der Waals surface area contributed by atoms with Crippen molar-refractivity contribution in [2.24, 2.45) is 10.9 Å². The number of hydrogen-bond donors (Lipinski definition) is 3. The van der Waals surface area contributed by atoms with Gasteiger partial charge in [-0.25, -0.2) is 4.39 Å². The highest BCUT2D eigenvalue weighted by Gasteiger charge is 2.19. The molecule has 21 heavy (non-hydrogen) atoms. The maximum Gasteiger partial charge on any atom is 0.252 e. The Labute approximate surface area is 120 Å². The van der Waals surface area contributed by atoms with Crippen molar-refractivity contribution in [3.8, 4) is 0 Å². The van der Waals surface area contributed by atoms with Gasteiger partial charge in [-0.05, 0) is 29.8 Å². The number of carbonyl (C=O) groups excluding carboxylic acids is 1. The summed E-state index contributed by atoms with van der Waals surface area (Å²) in [6, 6.07) is 13.2. The minimum Gasteiger partial charge on any atom is -0.409 e. The highest BCUT2D eigenvalue weighted by molar-refractivity contribution is 5.98. The second kappa shape index (κ2) is 6.51. The van der Waals surface area contributed by atoms with E-state index < -0.39 is 17.8 Å². The van der Waals surface area contributed by atoms with Gasteiger partial charge in [-0.1, -0.05) is 35.5 Å². The molecule has 2 aromatic carbocycles. The van der Waals surface area contributed by atoms with E-state index in [0.717, 1.165) is 0 Å². The first kappa shape index (κ1) is 14.5. The molecule has 0 aromatic heterocycles. The molecule has 1 unspecified atom stereocenters. The van der Waals surface area contributed by atoms with Crippen LogP contribution >= 0.6 is 0 Å². The molecule has 0 saturated carbocycles. The maximum atomic E-state index is 12.9. The van der Waals surface area contributed by atoms with Crippen LogP contribution in [0.4, 0.5) is 4.39 Å². The molecule has 0 aliphatic carbocycles. The van der Waals surface area contributed by atoms with Gasteiger partial charge in [0.05, 0.1) is 0 Å². The van der Waals surface area contributed by atoms with Crippen LogP contribution in [0.15, 0.2) is 59.8 Å². The Morgan fingerprint density at radius 2 is 1.76 bits per heavy atom. The minimum absolute atomic E-state index is 0.142. The number of hydrogen-bond acceptors (Lipinski definition) is 3. The first-order valence-corrected chi connectivity index (χ1v) is 6.20. The average Bonchev–Trinajstić information content (AvgIpc) is 2.53. The zero-order valence-corrected chi connectivity index (χ0v) is 11.0. The Hall–Kier alpha value is -2.89. The van der Waals surface area contributed by atoms with Crippen molar-refractivity contribution < 1.29 is 14.4 Å². The lowest BCUT2D eigenvalue weighted by molar-refractivity contribution is 0.0946. The summed E-state index contributed by atoms with van der Waals surface area (Å²) >= 11 is 0. The molecule has 0 heterocycles. The first-order valence-electron chi connectivity index (χ1n) is 6.20. The number of halogens is 1. The van der Waals surface area contributed by atoms with Gasteiger partial charge >= 0.3 is 0 Å². The third-order valence-corrected chi connectivity index (χ3v) is 2.93. The number of carbonyl (C=O) groups is 1. The molecule has 5 nitrogen and oxygen atoms in total. The Bertz CT molecular complexity index is 642. The molecule has 1 amide bonds. The second-order valence-electron chi connectivity index (χ2n) is 4.35. The lowest BCUT2D eigenvalue weighted by Gasteiger charge is -2.17. The number of nitrogens with one attached hydrogen (secondary N) is 1. The number of rotatable bonds is 4. The lowest BCUT2D eigenvalue weighted by atomic mass is 10.1. The van der Waals surface area contributed by atoms with Crippen molar-refractivity contribution in [1.82, 2.24) is 5.32 Å². The van der Waals surface area contributed by atoms with Gasteiger partial charge in [-0.2, -0.15) is 0 Å². The van der Waals surface area contributed by atoms with Crippen LogP contribution in [0, 0.1) is 5.82 Å². The zero-order valence-electron chi connectivity index (χ0n) is 11.0. The number of oxime groups is 1. The van der Waals surface area contributed by atoms with E-state index in [1.807, 2.05) is 6.07 Å². The third kappa shape index (κ3) is 3.56. The molecule has 4 N–H and O–H groups in total. The molecule has 0 radical (unpaired) electrons. The number of amidine groups is 1. The van der Waals surface area contributed by atoms with Gasteiger partial charge in [0.15, 0.2) is 5.84 Å². The van der Waals surface area contributed by atoms with Crippen molar-refractivity contribution in [2.45, 2.75) is 6.04 Å². The Morgan fingerprint density at radius 1 is 1.14 bits per heavy atom. The van der Waals surface area contributed by atoms with E-state index in [9.17, 15) is 9.18 Å². The normalized spacial score (nSPS) is 12.7. The molecule has 0 spiro atoms. The van der Waals surface area contributed by atoms with Crippen LogP contribution in [-0.2, 0) is 0 Å². The Kier molecular flexibility index (Phi) is 4.50. The van der Waals surface area contributed by atoms with E-state index in [1.165, 1.54) is 24.3 Å². The van der Waals surface area contributed by atoms with E-state index >= 15 is 0 Å². The Balaban J connectivity index is 2.23. The van der Waals surface area contributed by atoms with E-state index in [-0.39, 0.29) is 11.4 Å². The molecular weight excluding hydrogens is 273 g/mol. The van der Waals surface area contributed by atoms with Crippen molar-refractivity contribution in [2.75, 3.05) is 0 Å². The van der Waals surface area contributed by atoms with Gasteiger partial charge in [-0.15, -0.1) is 0 Å². The van der Waals surface area contributed by atoms with Crippen LogP contribution in [0.25, 0.3) is 0 Å². The molecule has 108 valence electrons. The smallest absolute Gasteiger partial charge is 0.252 e. The van der Waals surface area contributed by atoms with Crippen LogP contribution in [0.2, 0.25) is 0 Å². The number of nitrogens with zero attached hydrogens (tertiary/aromatic N) is 1. The van der Waals surface area contributed by atoms with E-state index in [2.05, 4.69) is 10.5 Å². The lowest BCUT2D eigenvalue weighted by Crippen LogP contribution is -2.37. The van der Waals surface area contributed by atoms with Crippen LogP contribution in [-0.4, -0.2) is 17.0 Å².